The van der Waals surface area contributed by atoms with Gasteiger partial charge in [0.05, 0.1) is 11.9 Å². The van der Waals surface area contributed by atoms with Crippen molar-refractivity contribution in [3.63, 3.8) is 0 Å². The van der Waals surface area contributed by atoms with Gasteiger partial charge in [0.1, 0.15) is 5.82 Å². The van der Waals surface area contributed by atoms with E-state index in [1.807, 2.05) is 12.3 Å². The van der Waals surface area contributed by atoms with Gasteiger partial charge in [-0.1, -0.05) is 89.9 Å². The van der Waals surface area contributed by atoms with Crippen molar-refractivity contribution >= 4 is 23.5 Å². The quantitative estimate of drug-likeness (QED) is 0.491. The standard InChI is InChI=1S/C27H41N3O/c1-3-23-25(21-16-12-10-7-11-13-17-21)24(20-29-26(23)28-4-2)30-27(31)22-18-14-8-5-6-9-15-19-22/h3-4,20-22H,1-2,5-19H2,(H,28,29)(H,30,31). The van der Waals surface area contributed by atoms with Crippen molar-refractivity contribution in [2.75, 3.05) is 10.6 Å². The van der Waals surface area contributed by atoms with E-state index in [0.29, 0.717) is 5.92 Å². The second-order valence-corrected chi connectivity index (χ2v) is 9.33. The Morgan fingerprint density at radius 3 is 1.97 bits per heavy atom. The minimum absolute atomic E-state index is 0.112. The molecule has 1 heterocycles. The highest BCUT2D eigenvalue weighted by Gasteiger charge is 2.25. The van der Waals surface area contributed by atoms with E-state index in [1.54, 1.807) is 6.20 Å². The van der Waals surface area contributed by atoms with Crippen LogP contribution in [0, 0.1) is 5.92 Å². The van der Waals surface area contributed by atoms with Gasteiger partial charge in [0, 0.05) is 11.5 Å². The van der Waals surface area contributed by atoms with Crippen LogP contribution in [0.15, 0.2) is 25.6 Å². The maximum Gasteiger partial charge on any atom is 0.227 e. The first kappa shape index (κ1) is 23.6. The lowest BCUT2D eigenvalue weighted by Crippen LogP contribution is -2.24. The number of amides is 1. The van der Waals surface area contributed by atoms with Crippen molar-refractivity contribution in [1.29, 1.82) is 0 Å². The molecule has 3 rings (SSSR count). The number of carbonyl (C=O) groups excluding carboxylic acids is 1. The summed E-state index contributed by atoms with van der Waals surface area (Å²) in [6.45, 7) is 7.89. The SMILES string of the molecule is C=CNc1ncc(NC(=O)C2CCCCCCCC2)c(C2CCCCCCC2)c1C=C. The molecule has 0 spiro atoms. The number of hydrogen-bond acceptors (Lipinski definition) is 3. The van der Waals surface area contributed by atoms with Crippen LogP contribution in [-0.4, -0.2) is 10.9 Å². The zero-order chi connectivity index (χ0) is 21.9. The number of rotatable bonds is 6. The number of hydrogen-bond donors (Lipinski definition) is 2. The van der Waals surface area contributed by atoms with Crippen LogP contribution in [0.25, 0.3) is 6.08 Å². The Balaban J connectivity index is 1.89. The van der Waals surface area contributed by atoms with Crippen molar-refractivity contribution in [3.05, 3.63) is 36.7 Å². The van der Waals surface area contributed by atoms with Crippen LogP contribution in [0.1, 0.15) is 113 Å². The van der Waals surface area contributed by atoms with Crippen molar-refractivity contribution < 1.29 is 4.79 Å². The van der Waals surface area contributed by atoms with Crippen LogP contribution < -0.4 is 10.6 Å². The van der Waals surface area contributed by atoms with Gasteiger partial charge in [-0.25, -0.2) is 4.98 Å². The molecular formula is C27H41N3O. The van der Waals surface area contributed by atoms with Gasteiger partial charge >= 0.3 is 0 Å². The molecule has 1 aromatic heterocycles. The Labute approximate surface area is 189 Å². The Morgan fingerprint density at radius 1 is 0.871 bits per heavy atom. The predicted molar refractivity (Wildman–Crippen MR) is 132 cm³/mol. The Morgan fingerprint density at radius 2 is 1.42 bits per heavy atom. The fraction of sp³-hybridized carbons (Fsp3) is 0.630. The van der Waals surface area contributed by atoms with Gasteiger partial charge in [0.2, 0.25) is 5.91 Å². The predicted octanol–water partition coefficient (Wildman–Crippen LogP) is 7.80. The summed E-state index contributed by atoms with van der Waals surface area (Å²) in [5, 5.41) is 6.49. The fourth-order valence-electron chi connectivity index (χ4n) is 5.37. The monoisotopic (exact) mass is 423 g/mol. The third kappa shape index (κ3) is 6.69. The molecule has 2 aliphatic rings. The van der Waals surface area contributed by atoms with Crippen LogP contribution >= 0.6 is 0 Å². The van der Waals surface area contributed by atoms with Gasteiger partial charge in [-0.15, -0.1) is 0 Å². The van der Waals surface area contributed by atoms with Crippen LogP contribution in [0.3, 0.4) is 0 Å². The van der Waals surface area contributed by atoms with Gasteiger partial charge in [-0.2, -0.15) is 0 Å². The normalized spacial score (nSPS) is 19.7. The Bertz CT molecular complexity index is 724. The molecule has 31 heavy (non-hydrogen) atoms. The van der Waals surface area contributed by atoms with Gasteiger partial charge in [-0.05, 0) is 43.4 Å². The van der Waals surface area contributed by atoms with Gasteiger partial charge in [-0.3, -0.25) is 4.79 Å². The summed E-state index contributed by atoms with van der Waals surface area (Å²) in [5.41, 5.74) is 3.12. The summed E-state index contributed by atoms with van der Waals surface area (Å²) in [6.07, 6.45) is 23.6. The topological polar surface area (TPSA) is 54.0 Å². The smallest absolute Gasteiger partial charge is 0.227 e. The molecule has 0 saturated heterocycles. The highest BCUT2D eigenvalue weighted by molar-refractivity contribution is 5.94. The van der Waals surface area contributed by atoms with Crippen LogP contribution in [-0.2, 0) is 4.79 Å². The number of pyridine rings is 1. The summed E-state index contributed by atoms with van der Waals surface area (Å²) in [5.74, 6) is 1.50. The average molecular weight is 424 g/mol. The maximum atomic E-state index is 13.3. The highest BCUT2D eigenvalue weighted by Crippen LogP contribution is 2.40. The average Bonchev–Trinajstić information content (AvgIpc) is 2.89. The lowest BCUT2D eigenvalue weighted by molar-refractivity contribution is -0.120. The molecule has 170 valence electrons. The summed E-state index contributed by atoms with van der Waals surface area (Å²) < 4.78 is 0. The number of carbonyl (C=O) groups is 1. The molecule has 2 N–H and O–H groups in total. The van der Waals surface area contributed by atoms with Crippen molar-refractivity contribution in [1.82, 2.24) is 4.98 Å². The minimum Gasteiger partial charge on any atom is -0.347 e. The van der Waals surface area contributed by atoms with Crippen LogP contribution in [0.5, 0.6) is 0 Å². The number of anilines is 2. The molecule has 1 aromatic rings. The second-order valence-electron chi connectivity index (χ2n) is 9.33. The zero-order valence-corrected chi connectivity index (χ0v) is 19.3. The molecule has 0 bridgehead atoms. The Hall–Kier alpha value is -2.10. The lowest BCUT2D eigenvalue weighted by atomic mass is 9.83. The van der Waals surface area contributed by atoms with Crippen LogP contribution in [0.4, 0.5) is 11.5 Å². The molecule has 0 atom stereocenters. The number of nitrogens with zero attached hydrogens (tertiary/aromatic N) is 1. The summed E-state index contributed by atoms with van der Waals surface area (Å²) in [4.78, 5) is 17.9. The summed E-state index contributed by atoms with van der Waals surface area (Å²) in [7, 11) is 0. The van der Waals surface area contributed by atoms with Gasteiger partial charge in [0.25, 0.3) is 0 Å². The molecule has 2 saturated carbocycles. The van der Waals surface area contributed by atoms with Gasteiger partial charge in [0.15, 0.2) is 0 Å². The minimum atomic E-state index is 0.112. The summed E-state index contributed by atoms with van der Waals surface area (Å²) in [6, 6.07) is 0. The second kappa shape index (κ2) is 12.7. The fourth-order valence-corrected chi connectivity index (χ4v) is 5.37. The molecule has 0 aromatic carbocycles. The van der Waals surface area contributed by atoms with Crippen LogP contribution in [0.2, 0.25) is 0 Å². The van der Waals surface area contributed by atoms with E-state index in [9.17, 15) is 4.79 Å². The van der Waals surface area contributed by atoms with Crippen molar-refractivity contribution in [3.8, 4) is 0 Å². The molecule has 0 radical (unpaired) electrons. The first-order valence-electron chi connectivity index (χ1n) is 12.6. The van der Waals surface area contributed by atoms with E-state index in [0.717, 1.165) is 55.6 Å². The molecule has 1 amide bonds. The molecule has 2 aliphatic carbocycles. The van der Waals surface area contributed by atoms with E-state index in [-0.39, 0.29) is 11.8 Å². The number of nitrogens with one attached hydrogen (secondary N) is 2. The largest absolute Gasteiger partial charge is 0.347 e. The molecule has 4 nitrogen and oxygen atoms in total. The Kier molecular flexibility index (Phi) is 9.64. The van der Waals surface area contributed by atoms with E-state index in [1.165, 1.54) is 63.4 Å². The third-order valence-electron chi connectivity index (χ3n) is 7.10. The first-order chi connectivity index (χ1) is 15.2. The maximum absolute atomic E-state index is 13.3. The molecule has 0 aliphatic heterocycles. The lowest BCUT2D eigenvalue weighted by Gasteiger charge is -2.26. The third-order valence-corrected chi connectivity index (χ3v) is 7.10. The first-order valence-corrected chi connectivity index (χ1v) is 12.6. The van der Waals surface area contributed by atoms with Crippen molar-refractivity contribution in [2.45, 2.75) is 102 Å². The van der Waals surface area contributed by atoms with E-state index < -0.39 is 0 Å². The highest BCUT2D eigenvalue weighted by atomic mass is 16.1. The molecule has 0 unspecified atom stereocenters. The van der Waals surface area contributed by atoms with E-state index >= 15 is 0 Å². The molecule has 2 fully saturated rings. The summed E-state index contributed by atoms with van der Waals surface area (Å²) >= 11 is 0. The molecule has 4 heteroatoms. The van der Waals surface area contributed by atoms with Crippen molar-refractivity contribution in [2.24, 2.45) is 5.92 Å². The van der Waals surface area contributed by atoms with Gasteiger partial charge < -0.3 is 10.6 Å². The number of aromatic nitrogens is 1. The van der Waals surface area contributed by atoms with E-state index in [4.69, 9.17) is 0 Å². The molecular weight excluding hydrogens is 382 g/mol. The zero-order valence-electron chi connectivity index (χ0n) is 19.3. The van der Waals surface area contributed by atoms with E-state index in [2.05, 4.69) is 28.8 Å².